The first-order chi connectivity index (χ1) is 15.5. The molecule has 1 aromatic heterocycles. The fraction of sp³-hybridized carbons (Fsp3) is 0.154. The number of nitrogens with one attached hydrogen (secondary N) is 3. The molecule has 0 radical (unpaired) electrons. The highest BCUT2D eigenvalue weighted by molar-refractivity contribution is 6.31. The number of para-hydroxylation sites is 1. The Balaban J connectivity index is 1.55. The first-order valence-corrected chi connectivity index (χ1v) is 10.9. The summed E-state index contributed by atoms with van der Waals surface area (Å²) in [7, 11) is 0. The SMILES string of the molecule is Cc1cccc(C(=O)NC(=NCCc2c[nH]c3ccccc23)Nc2cccc(Cl)c2C)c1. The van der Waals surface area contributed by atoms with Gasteiger partial charge in [-0.15, -0.1) is 0 Å². The van der Waals surface area contributed by atoms with E-state index in [1.807, 2.05) is 68.6 Å². The van der Waals surface area contributed by atoms with Crippen LogP contribution in [0.4, 0.5) is 5.69 Å². The number of H-pyrrole nitrogens is 1. The van der Waals surface area contributed by atoms with Crippen molar-refractivity contribution in [2.45, 2.75) is 20.3 Å². The van der Waals surface area contributed by atoms with E-state index >= 15 is 0 Å². The van der Waals surface area contributed by atoms with E-state index in [9.17, 15) is 4.79 Å². The Hall–Kier alpha value is -3.57. The molecule has 1 heterocycles. The topological polar surface area (TPSA) is 69.3 Å². The Morgan fingerprint density at radius 1 is 1.03 bits per heavy atom. The van der Waals surface area contributed by atoms with Crippen molar-refractivity contribution < 1.29 is 4.79 Å². The maximum atomic E-state index is 12.9. The van der Waals surface area contributed by atoms with Gasteiger partial charge in [0.1, 0.15) is 0 Å². The zero-order valence-electron chi connectivity index (χ0n) is 18.1. The Bertz CT molecular complexity index is 1290. The molecule has 0 saturated heterocycles. The second kappa shape index (κ2) is 9.71. The number of rotatable bonds is 5. The van der Waals surface area contributed by atoms with Crippen LogP contribution in [0.25, 0.3) is 10.9 Å². The van der Waals surface area contributed by atoms with E-state index in [2.05, 4.69) is 32.7 Å². The van der Waals surface area contributed by atoms with E-state index in [1.54, 1.807) is 6.07 Å². The zero-order valence-corrected chi connectivity index (χ0v) is 18.8. The Labute approximate surface area is 192 Å². The van der Waals surface area contributed by atoms with Crippen LogP contribution in [-0.4, -0.2) is 23.4 Å². The lowest BCUT2D eigenvalue weighted by Crippen LogP contribution is -2.36. The molecule has 1 amide bonds. The molecule has 6 heteroatoms. The molecule has 162 valence electrons. The quantitative estimate of drug-likeness (QED) is 0.266. The molecule has 3 aromatic carbocycles. The van der Waals surface area contributed by atoms with E-state index in [0.717, 1.165) is 28.8 Å². The van der Waals surface area contributed by atoms with Crippen molar-refractivity contribution in [3.63, 3.8) is 0 Å². The molecule has 0 bridgehead atoms. The van der Waals surface area contributed by atoms with E-state index in [1.165, 1.54) is 10.9 Å². The summed E-state index contributed by atoms with van der Waals surface area (Å²) in [4.78, 5) is 20.8. The normalized spacial score (nSPS) is 11.5. The van der Waals surface area contributed by atoms with E-state index in [0.29, 0.717) is 23.1 Å². The van der Waals surface area contributed by atoms with Gasteiger partial charge in [0.05, 0.1) is 0 Å². The van der Waals surface area contributed by atoms with Gasteiger partial charge in [0.2, 0.25) is 5.96 Å². The van der Waals surface area contributed by atoms with Crippen molar-refractivity contribution in [2.75, 3.05) is 11.9 Å². The number of amides is 1. The summed E-state index contributed by atoms with van der Waals surface area (Å²) >= 11 is 6.27. The lowest BCUT2D eigenvalue weighted by molar-refractivity contribution is 0.0977. The summed E-state index contributed by atoms with van der Waals surface area (Å²) in [5, 5.41) is 8.01. The number of carbonyl (C=O) groups excluding carboxylic acids is 1. The van der Waals surface area contributed by atoms with Gasteiger partial charge >= 0.3 is 0 Å². The highest BCUT2D eigenvalue weighted by Crippen LogP contribution is 2.23. The highest BCUT2D eigenvalue weighted by atomic mass is 35.5. The maximum absolute atomic E-state index is 12.9. The molecule has 3 N–H and O–H groups in total. The molecule has 0 aliphatic heterocycles. The molecule has 32 heavy (non-hydrogen) atoms. The van der Waals surface area contributed by atoms with Crippen LogP contribution in [0.3, 0.4) is 0 Å². The van der Waals surface area contributed by atoms with Crippen LogP contribution in [0.15, 0.2) is 77.9 Å². The zero-order chi connectivity index (χ0) is 22.5. The average molecular weight is 445 g/mol. The van der Waals surface area contributed by atoms with Gasteiger partial charge in [0.25, 0.3) is 5.91 Å². The summed E-state index contributed by atoms with van der Waals surface area (Å²) in [6.45, 7) is 4.40. The largest absolute Gasteiger partial charge is 0.361 e. The lowest BCUT2D eigenvalue weighted by Gasteiger charge is -2.14. The number of hydrogen-bond acceptors (Lipinski definition) is 2. The second-order valence-electron chi connectivity index (χ2n) is 7.70. The fourth-order valence-corrected chi connectivity index (χ4v) is 3.75. The molecule has 0 aliphatic carbocycles. The summed E-state index contributed by atoms with van der Waals surface area (Å²) < 4.78 is 0. The molecule has 0 aliphatic rings. The van der Waals surface area contributed by atoms with Crippen LogP contribution < -0.4 is 10.6 Å². The third-order valence-electron chi connectivity index (χ3n) is 5.36. The third kappa shape index (κ3) is 5.01. The van der Waals surface area contributed by atoms with Crippen molar-refractivity contribution in [1.82, 2.24) is 10.3 Å². The van der Waals surface area contributed by atoms with Gasteiger partial charge in [-0.2, -0.15) is 0 Å². The Morgan fingerprint density at radius 3 is 2.69 bits per heavy atom. The number of hydrogen-bond donors (Lipinski definition) is 3. The van der Waals surface area contributed by atoms with Gasteiger partial charge in [0, 0.05) is 39.9 Å². The van der Waals surface area contributed by atoms with Crippen molar-refractivity contribution in [2.24, 2.45) is 4.99 Å². The number of carbonyl (C=O) groups is 1. The minimum Gasteiger partial charge on any atom is -0.361 e. The molecule has 0 saturated carbocycles. The van der Waals surface area contributed by atoms with Gasteiger partial charge in [0.15, 0.2) is 0 Å². The highest BCUT2D eigenvalue weighted by Gasteiger charge is 2.12. The number of guanidine groups is 1. The van der Waals surface area contributed by atoms with Crippen molar-refractivity contribution in [3.05, 3.63) is 100 Å². The first-order valence-electron chi connectivity index (χ1n) is 10.5. The number of benzene rings is 3. The number of halogens is 1. The summed E-state index contributed by atoms with van der Waals surface area (Å²) in [5.74, 6) is 0.174. The number of nitrogens with zero attached hydrogens (tertiary/aromatic N) is 1. The van der Waals surface area contributed by atoms with Crippen molar-refractivity contribution in [1.29, 1.82) is 0 Å². The number of anilines is 1. The summed E-state index contributed by atoms with van der Waals surface area (Å²) in [6.07, 6.45) is 2.75. The minimum atomic E-state index is -0.216. The molecule has 5 nitrogen and oxygen atoms in total. The number of aryl methyl sites for hydroxylation is 1. The van der Waals surface area contributed by atoms with Gasteiger partial charge < -0.3 is 10.3 Å². The lowest BCUT2D eigenvalue weighted by atomic mass is 10.1. The Morgan fingerprint density at radius 2 is 1.84 bits per heavy atom. The molecule has 4 rings (SSSR count). The number of aromatic nitrogens is 1. The molecule has 0 atom stereocenters. The average Bonchev–Trinajstić information content (AvgIpc) is 3.20. The summed E-state index contributed by atoms with van der Waals surface area (Å²) in [5.41, 5.74) is 5.59. The monoisotopic (exact) mass is 444 g/mol. The Kier molecular flexibility index (Phi) is 6.57. The predicted octanol–water partition coefficient (Wildman–Crippen LogP) is 5.88. The van der Waals surface area contributed by atoms with Crippen molar-refractivity contribution >= 4 is 40.1 Å². The summed E-state index contributed by atoms with van der Waals surface area (Å²) in [6, 6.07) is 21.3. The molecular formula is C26H25ClN4O. The molecule has 4 aromatic rings. The van der Waals surface area contributed by atoms with Gasteiger partial charge in [-0.05, 0) is 61.7 Å². The number of aromatic amines is 1. The predicted molar refractivity (Wildman–Crippen MR) is 133 cm³/mol. The van der Waals surface area contributed by atoms with Gasteiger partial charge in [-0.1, -0.05) is 53.6 Å². The third-order valence-corrected chi connectivity index (χ3v) is 5.77. The maximum Gasteiger partial charge on any atom is 0.257 e. The fourth-order valence-electron chi connectivity index (χ4n) is 3.57. The van der Waals surface area contributed by atoms with Crippen molar-refractivity contribution in [3.8, 4) is 0 Å². The first kappa shape index (κ1) is 21.7. The van der Waals surface area contributed by atoms with Crippen LogP contribution in [-0.2, 0) is 6.42 Å². The molecule has 0 fully saturated rings. The smallest absolute Gasteiger partial charge is 0.257 e. The van der Waals surface area contributed by atoms with Crippen LogP contribution >= 0.6 is 11.6 Å². The van der Waals surface area contributed by atoms with Gasteiger partial charge in [-0.25, -0.2) is 0 Å². The molecular weight excluding hydrogens is 420 g/mol. The van der Waals surface area contributed by atoms with E-state index in [-0.39, 0.29) is 5.91 Å². The minimum absolute atomic E-state index is 0.216. The number of aliphatic imine (C=N–C) groups is 1. The molecule has 0 spiro atoms. The molecule has 0 unspecified atom stereocenters. The standard InChI is InChI=1S/C26H25ClN4O/c1-17-7-5-8-19(15-17)25(32)31-26(30-23-12-6-10-22(27)18(23)2)28-14-13-20-16-29-24-11-4-3-9-21(20)24/h3-12,15-16,29H,13-14H2,1-2H3,(H2,28,30,31,32). The van der Waals surface area contributed by atoms with Crippen LogP contribution in [0, 0.1) is 13.8 Å². The van der Waals surface area contributed by atoms with Gasteiger partial charge in [-0.3, -0.25) is 15.1 Å². The van der Waals surface area contributed by atoms with E-state index < -0.39 is 0 Å². The van der Waals surface area contributed by atoms with Crippen LogP contribution in [0.1, 0.15) is 27.0 Å². The number of fused-ring (bicyclic) bond motifs is 1. The second-order valence-corrected chi connectivity index (χ2v) is 8.11. The van der Waals surface area contributed by atoms with Crippen LogP contribution in [0.2, 0.25) is 5.02 Å². The van der Waals surface area contributed by atoms with E-state index in [4.69, 9.17) is 11.6 Å². The van der Waals surface area contributed by atoms with Crippen LogP contribution in [0.5, 0.6) is 0 Å².